The van der Waals surface area contributed by atoms with Crippen molar-refractivity contribution in [2.75, 3.05) is 0 Å². The lowest BCUT2D eigenvalue weighted by Crippen LogP contribution is -1.97. The van der Waals surface area contributed by atoms with Gasteiger partial charge in [-0.25, -0.2) is 0 Å². The molecule has 66 valence electrons. The first-order valence-electron chi connectivity index (χ1n) is 4.66. The molecule has 0 aliphatic heterocycles. The van der Waals surface area contributed by atoms with Gasteiger partial charge in [0.15, 0.2) is 0 Å². The Morgan fingerprint density at radius 3 is 2.55 bits per heavy atom. The number of allylic oxidation sites excluding steroid dienone is 1. The highest BCUT2D eigenvalue weighted by Crippen LogP contribution is 2.01. The van der Waals surface area contributed by atoms with Crippen molar-refractivity contribution in [2.24, 2.45) is 0 Å². The molecule has 0 saturated heterocycles. The van der Waals surface area contributed by atoms with Crippen molar-refractivity contribution < 1.29 is 5.11 Å². The predicted molar refractivity (Wildman–Crippen MR) is 49.6 cm³/mol. The minimum Gasteiger partial charge on any atom is -0.389 e. The molecule has 0 aromatic rings. The van der Waals surface area contributed by atoms with Crippen LogP contribution in [0.4, 0.5) is 0 Å². The molecule has 0 bridgehead atoms. The Kier molecular flexibility index (Phi) is 7.59. The van der Waals surface area contributed by atoms with Crippen LogP contribution >= 0.6 is 0 Å². The van der Waals surface area contributed by atoms with Crippen LogP contribution in [0.15, 0.2) is 12.2 Å². The van der Waals surface area contributed by atoms with Gasteiger partial charge >= 0.3 is 0 Å². The highest BCUT2D eigenvalue weighted by molar-refractivity contribution is 4.87. The van der Waals surface area contributed by atoms with Crippen molar-refractivity contribution in [3.05, 3.63) is 12.2 Å². The van der Waals surface area contributed by atoms with Gasteiger partial charge in [-0.05, 0) is 19.3 Å². The van der Waals surface area contributed by atoms with E-state index in [1.807, 2.05) is 13.0 Å². The number of unbranched alkanes of at least 4 members (excludes halogenated alkanes) is 3. The van der Waals surface area contributed by atoms with Gasteiger partial charge in [-0.2, -0.15) is 0 Å². The van der Waals surface area contributed by atoms with Crippen molar-refractivity contribution in [3.63, 3.8) is 0 Å². The number of aliphatic hydroxyl groups is 1. The molecule has 0 aliphatic carbocycles. The molecule has 0 heterocycles. The van der Waals surface area contributed by atoms with Gasteiger partial charge < -0.3 is 5.11 Å². The second-order valence-corrected chi connectivity index (χ2v) is 2.90. The topological polar surface area (TPSA) is 20.2 Å². The lowest BCUT2D eigenvalue weighted by Gasteiger charge is -1.98. The third-order valence-electron chi connectivity index (χ3n) is 1.75. The van der Waals surface area contributed by atoms with Crippen LogP contribution in [0.25, 0.3) is 0 Å². The van der Waals surface area contributed by atoms with Crippen molar-refractivity contribution in [1.29, 1.82) is 0 Å². The molecule has 1 nitrogen and oxygen atoms in total. The molecule has 0 amide bonds. The predicted octanol–water partition coefficient (Wildman–Crippen LogP) is 2.89. The summed E-state index contributed by atoms with van der Waals surface area (Å²) >= 11 is 0. The van der Waals surface area contributed by atoms with E-state index in [0.717, 1.165) is 12.8 Å². The van der Waals surface area contributed by atoms with Gasteiger partial charge in [0.1, 0.15) is 0 Å². The quantitative estimate of drug-likeness (QED) is 0.463. The summed E-state index contributed by atoms with van der Waals surface area (Å²) in [7, 11) is 0. The zero-order chi connectivity index (χ0) is 8.53. The first kappa shape index (κ1) is 10.7. The van der Waals surface area contributed by atoms with Crippen LogP contribution in [0.5, 0.6) is 0 Å². The fourth-order valence-electron chi connectivity index (χ4n) is 0.902. The van der Waals surface area contributed by atoms with Crippen LogP contribution in [0.1, 0.15) is 46.0 Å². The Balaban J connectivity index is 3.15. The third kappa shape index (κ3) is 7.60. The van der Waals surface area contributed by atoms with Crippen LogP contribution in [0.2, 0.25) is 0 Å². The standard InChI is InChI=1S/C10H20O/c1-3-5-6-7-8-9-10(11)4-2/h8-11H,3-7H2,1-2H3/b9-8+. The van der Waals surface area contributed by atoms with Crippen molar-refractivity contribution in [2.45, 2.75) is 52.1 Å². The molecule has 0 radical (unpaired) electrons. The zero-order valence-corrected chi connectivity index (χ0v) is 7.71. The molecular formula is C10H20O. The van der Waals surface area contributed by atoms with Crippen molar-refractivity contribution in [1.82, 2.24) is 0 Å². The maximum atomic E-state index is 9.13. The van der Waals surface area contributed by atoms with E-state index in [1.54, 1.807) is 0 Å². The third-order valence-corrected chi connectivity index (χ3v) is 1.75. The van der Waals surface area contributed by atoms with E-state index < -0.39 is 0 Å². The largest absolute Gasteiger partial charge is 0.389 e. The summed E-state index contributed by atoms with van der Waals surface area (Å²) < 4.78 is 0. The average Bonchev–Trinajstić information content (AvgIpc) is 2.04. The SMILES string of the molecule is CCCCC/C=C/C(O)CC. The van der Waals surface area contributed by atoms with Gasteiger partial charge in [0, 0.05) is 0 Å². The molecule has 0 spiro atoms. The van der Waals surface area contributed by atoms with E-state index in [9.17, 15) is 0 Å². The molecule has 0 aromatic carbocycles. The van der Waals surface area contributed by atoms with E-state index in [1.165, 1.54) is 19.3 Å². The molecule has 1 heteroatoms. The maximum Gasteiger partial charge on any atom is 0.0718 e. The second-order valence-electron chi connectivity index (χ2n) is 2.90. The summed E-state index contributed by atoms with van der Waals surface area (Å²) in [6, 6.07) is 0. The minimum atomic E-state index is -0.225. The Morgan fingerprint density at radius 2 is 2.00 bits per heavy atom. The van der Waals surface area contributed by atoms with Crippen LogP contribution in [-0.2, 0) is 0 Å². The maximum absolute atomic E-state index is 9.13. The summed E-state index contributed by atoms with van der Waals surface area (Å²) in [5.41, 5.74) is 0. The molecule has 11 heavy (non-hydrogen) atoms. The normalized spacial score (nSPS) is 14.1. The van der Waals surface area contributed by atoms with Crippen molar-refractivity contribution >= 4 is 0 Å². The second kappa shape index (κ2) is 7.80. The minimum absolute atomic E-state index is 0.225. The zero-order valence-electron chi connectivity index (χ0n) is 7.71. The summed E-state index contributed by atoms with van der Waals surface area (Å²) in [5.74, 6) is 0. The summed E-state index contributed by atoms with van der Waals surface area (Å²) in [5, 5.41) is 9.13. The van der Waals surface area contributed by atoms with Crippen LogP contribution in [-0.4, -0.2) is 11.2 Å². The van der Waals surface area contributed by atoms with E-state index in [-0.39, 0.29) is 6.10 Å². The van der Waals surface area contributed by atoms with E-state index in [0.29, 0.717) is 0 Å². The highest BCUT2D eigenvalue weighted by atomic mass is 16.3. The fourth-order valence-corrected chi connectivity index (χ4v) is 0.902. The monoisotopic (exact) mass is 156 g/mol. The Morgan fingerprint density at radius 1 is 1.27 bits per heavy atom. The molecule has 0 saturated carbocycles. The summed E-state index contributed by atoms with van der Waals surface area (Å²) in [4.78, 5) is 0. The van der Waals surface area contributed by atoms with E-state index in [4.69, 9.17) is 5.11 Å². The summed E-state index contributed by atoms with van der Waals surface area (Å²) in [6.45, 7) is 4.19. The molecule has 0 aliphatic rings. The number of rotatable bonds is 6. The Hall–Kier alpha value is -0.300. The lowest BCUT2D eigenvalue weighted by atomic mass is 10.2. The number of hydrogen-bond donors (Lipinski definition) is 1. The average molecular weight is 156 g/mol. The van der Waals surface area contributed by atoms with E-state index >= 15 is 0 Å². The van der Waals surface area contributed by atoms with Gasteiger partial charge in [-0.1, -0.05) is 38.8 Å². The van der Waals surface area contributed by atoms with Gasteiger partial charge in [0.05, 0.1) is 6.10 Å². The lowest BCUT2D eigenvalue weighted by molar-refractivity contribution is 0.219. The first-order chi connectivity index (χ1) is 5.31. The number of aliphatic hydroxyl groups excluding tert-OH is 1. The molecular weight excluding hydrogens is 136 g/mol. The molecule has 1 unspecified atom stereocenters. The van der Waals surface area contributed by atoms with Gasteiger partial charge in [-0.15, -0.1) is 0 Å². The van der Waals surface area contributed by atoms with Crippen LogP contribution in [0, 0.1) is 0 Å². The van der Waals surface area contributed by atoms with Crippen molar-refractivity contribution in [3.8, 4) is 0 Å². The van der Waals surface area contributed by atoms with Gasteiger partial charge in [-0.3, -0.25) is 0 Å². The molecule has 1 N–H and O–H groups in total. The van der Waals surface area contributed by atoms with Gasteiger partial charge in [0.2, 0.25) is 0 Å². The molecule has 0 aromatic heterocycles. The highest BCUT2D eigenvalue weighted by Gasteiger charge is 1.90. The smallest absolute Gasteiger partial charge is 0.0718 e. The van der Waals surface area contributed by atoms with Crippen LogP contribution < -0.4 is 0 Å². The number of hydrogen-bond acceptors (Lipinski definition) is 1. The summed E-state index contributed by atoms with van der Waals surface area (Å²) in [6.07, 6.45) is 9.52. The Bertz CT molecular complexity index is 97.0. The molecule has 1 atom stereocenters. The molecule has 0 rings (SSSR count). The molecule has 0 fully saturated rings. The first-order valence-corrected chi connectivity index (χ1v) is 4.66. The van der Waals surface area contributed by atoms with Crippen LogP contribution in [0.3, 0.4) is 0 Å². The Labute approximate surface area is 70.1 Å². The van der Waals surface area contributed by atoms with Gasteiger partial charge in [0.25, 0.3) is 0 Å². The van der Waals surface area contributed by atoms with E-state index in [2.05, 4.69) is 13.0 Å². The fraction of sp³-hybridized carbons (Fsp3) is 0.800.